The van der Waals surface area contributed by atoms with Crippen molar-refractivity contribution in [1.82, 2.24) is 0 Å². The lowest BCUT2D eigenvalue weighted by molar-refractivity contribution is -0.114. The van der Waals surface area contributed by atoms with E-state index in [-0.39, 0.29) is 17.5 Å². The third-order valence-corrected chi connectivity index (χ3v) is 3.66. The fraction of sp³-hybridized carbons (Fsp3) is 0.188. The number of benzene rings is 2. The van der Waals surface area contributed by atoms with E-state index in [0.717, 1.165) is 11.1 Å². The van der Waals surface area contributed by atoms with Crippen molar-refractivity contribution in [2.75, 3.05) is 17.2 Å². The van der Waals surface area contributed by atoms with Gasteiger partial charge in [0, 0.05) is 5.69 Å². The van der Waals surface area contributed by atoms with Crippen LogP contribution in [0, 0.1) is 19.7 Å². The van der Waals surface area contributed by atoms with Gasteiger partial charge in [-0.2, -0.15) is 0 Å². The van der Waals surface area contributed by atoms with E-state index in [0.29, 0.717) is 16.4 Å². The van der Waals surface area contributed by atoms with Crippen LogP contribution in [0.3, 0.4) is 0 Å². The van der Waals surface area contributed by atoms with Crippen LogP contribution in [-0.4, -0.2) is 12.5 Å². The molecule has 0 heterocycles. The van der Waals surface area contributed by atoms with Gasteiger partial charge >= 0.3 is 0 Å². The zero-order valence-electron chi connectivity index (χ0n) is 12.1. The highest BCUT2D eigenvalue weighted by Gasteiger charge is 2.10. The Kier molecular flexibility index (Phi) is 5.27. The van der Waals surface area contributed by atoms with Crippen LogP contribution >= 0.6 is 23.2 Å². The lowest BCUT2D eigenvalue weighted by Gasteiger charge is -2.12. The van der Waals surface area contributed by atoms with Gasteiger partial charge in [0.05, 0.1) is 22.3 Å². The number of hydrogen-bond donors (Lipinski definition) is 2. The number of anilines is 2. The summed E-state index contributed by atoms with van der Waals surface area (Å²) in [6, 6.07) is 7.91. The number of carbonyl (C=O) groups is 1. The lowest BCUT2D eigenvalue weighted by Crippen LogP contribution is -2.22. The molecule has 0 unspecified atom stereocenters. The molecule has 22 heavy (non-hydrogen) atoms. The molecule has 116 valence electrons. The minimum absolute atomic E-state index is 0.00262. The summed E-state index contributed by atoms with van der Waals surface area (Å²) in [4.78, 5) is 12.0. The molecule has 0 saturated carbocycles. The van der Waals surface area contributed by atoms with Gasteiger partial charge in [0.1, 0.15) is 5.82 Å². The molecule has 0 aliphatic rings. The number of carbonyl (C=O) groups excluding carboxylic acids is 1. The molecule has 0 spiro atoms. The minimum Gasteiger partial charge on any atom is -0.376 e. The number of halogens is 3. The van der Waals surface area contributed by atoms with Gasteiger partial charge in [-0.3, -0.25) is 4.79 Å². The summed E-state index contributed by atoms with van der Waals surface area (Å²) >= 11 is 11.8. The first-order valence-corrected chi connectivity index (χ1v) is 7.38. The van der Waals surface area contributed by atoms with Crippen LogP contribution in [0.5, 0.6) is 0 Å². The highest BCUT2D eigenvalue weighted by Crippen LogP contribution is 2.27. The first-order chi connectivity index (χ1) is 10.4. The predicted octanol–water partition coefficient (Wildman–Crippen LogP) is 4.80. The fourth-order valence-electron chi connectivity index (χ4n) is 2.05. The normalized spacial score (nSPS) is 10.4. The van der Waals surface area contributed by atoms with Crippen molar-refractivity contribution in [3.05, 3.63) is 57.3 Å². The Labute approximate surface area is 138 Å². The van der Waals surface area contributed by atoms with Crippen molar-refractivity contribution in [2.45, 2.75) is 13.8 Å². The fourth-order valence-corrected chi connectivity index (χ4v) is 2.60. The first-order valence-electron chi connectivity index (χ1n) is 6.62. The Hall–Kier alpha value is -1.78. The van der Waals surface area contributed by atoms with Crippen LogP contribution in [0.15, 0.2) is 30.3 Å². The summed E-state index contributed by atoms with van der Waals surface area (Å²) in [7, 11) is 0. The van der Waals surface area contributed by atoms with Crippen LogP contribution in [0.2, 0.25) is 10.0 Å². The van der Waals surface area contributed by atoms with E-state index in [1.165, 1.54) is 18.2 Å². The Morgan fingerprint density at radius 2 is 1.86 bits per heavy atom. The molecule has 3 nitrogen and oxygen atoms in total. The van der Waals surface area contributed by atoms with Crippen molar-refractivity contribution < 1.29 is 9.18 Å². The van der Waals surface area contributed by atoms with Crippen molar-refractivity contribution in [2.24, 2.45) is 0 Å². The average Bonchev–Trinajstić information content (AvgIpc) is 2.44. The highest BCUT2D eigenvalue weighted by atomic mass is 35.5. The SMILES string of the molecule is Cc1cc(C)c(NC(=O)CNc2ccc(F)c(Cl)c2)c(Cl)c1. The summed E-state index contributed by atoms with van der Waals surface area (Å²) in [5.74, 6) is -0.756. The number of nitrogens with one attached hydrogen (secondary N) is 2. The van der Waals surface area contributed by atoms with E-state index in [4.69, 9.17) is 23.2 Å². The molecular weight excluding hydrogens is 326 g/mol. The van der Waals surface area contributed by atoms with Crippen LogP contribution in [0.25, 0.3) is 0 Å². The van der Waals surface area contributed by atoms with Gasteiger partial charge in [-0.05, 0) is 49.2 Å². The second-order valence-corrected chi connectivity index (χ2v) is 5.78. The summed E-state index contributed by atoms with van der Waals surface area (Å²) in [5.41, 5.74) is 3.08. The molecule has 2 rings (SSSR count). The van der Waals surface area contributed by atoms with Crippen LogP contribution < -0.4 is 10.6 Å². The number of hydrogen-bond acceptors (Lipinski definition) is 2. The molecule has 0 aliphatic carbocycles. The molecular formula is C16H15Cl2FN2O. The second kappa shape index (κ2) is 6.99. The van der Waals surface area contributed by atoms with E-state index in [1.54, 1.807) is 6.07 Å². The third-order valence-electron chi connectivity index (χ3n) is 3.07. The molecule has 2 N–H and O–H groups in total. The van der Waals surface area contributed by atoms with Gasteiger partial charge in [-0.15, -0.1) is 0 Å². The Morgan fingerprint density at radius 1 is 1.14 bits per heavy atom. The number of amides is 1. The minimum atomic E-state index is -0.501. The Morgan fingerprint density at radius 3 is 2.50 bits per heavy atom. The number of rotatable bonds is 4. The van der Waals surface area contributed by atoms with E-state index in [2.05, 4.69) is 10.6 Å². The van der Waals surface area contributed by atoms with Crippen LogP contribution in [-0.2, 0) is 4.79 Å². The smallest absolute Gasteiger partial charge is 0.243 e. The van der Waals surface area contributed by atoms with E-state index < -0.39 is 5.82 Å². The molecule has 2 aromatic rings. The Bertz CT molecular complexity index is 696. The van der Waals surface area contributed by atoms with E-state index in [1.807, 2.05) is 19.9 Å². The molecule has 6 heteroatoms. The summed E-state index contributed by atoms with van der Waals surface area (Å²) in [6.45, 7) is 3.83. The molecule has 0 atom stereocenters. The molecule has 0 aliphatic heterocycles. The second-order valence-electron chi connectivity index (χ2n) is 4.97. The summed E-state index contributed by atoms with van der Waals surface area (Å²) in [5, 5.41) is 6.14. The Balaban J connectivity index is 2.00. The highest BCUT2D eigenvalue weighted by molar-refractivity contribution is 6.34. The lowest BCUT2D eigenvalue weighted by atomic mass is 10.1. The van der Waals surface area contributed by atoms with Crippen molar-refractivity contribution in [3.63, 3.8) is 0 Å². The van der Waals surface area contributed by atoms with Gasteiger partial charge in [0.15, 0.2) is 0 Å². The maximum atomic E-state index is 13.1. The molecule has 0 bridgehead atoms. The van der Waals surface area contributed by atoms with Crippen molar-refractivity contribution in [1.29, 1.82) is 0 Å². The average molecular weight is 341 g/mol. The topological polar surface area (TPSA) is 41.1 Å². The quantitative estimate of drug-likeness (QED) is 0.839. The van der Waals surface area contributed by atoms with Crippen LogP contribution in [0.4, 0.5) is 15.8 Å². The maximum Gasteiger partial charge on any atom is 0.243 e. The van der Waals surface area contributed by atoms with E-state index in [9.17, 15) is 9.18 Å². The largest absolute Gasteiger partial charge is 0.376 e. The number of aryl methyl sites for hydroxylation is 2. The van der Waals surface area contributed by atoms with E-state index >= 15 is 0 Å². The van der Waals surface area contributed by atoms with Gasteiger partial charge in [0.25, 0.3) is 0 Å². The van der Waals surface area contributed by atoms with Gasteiger partial charge in [-0.25, -0.2) is 4.39 Å². The van der Waals surface area contributed by atoms with Gasteiger partial charge < -0.3 is 10.6 Å². The molecule has 1 amide bonds. The van der Waals surface area contributed by atoms with Crippen molar-refractivity contribution >= 4 is 40.5 Å². The standard InChI is InChI=1S/C16H15Cl2FN2O/c1-9-5-10(2)16(13(18)6-9)21-15(22)8-20-11-3-4-14(19)12(17)7-11/h3-7,20H,8H2,1-2H3,(H,21,22). The molecule has 2 aromatic carbocycles. The monoisotopic (exact) mass is 340 g/mol. The van der Waals surface area contributed by atoms with Crippen molar-refractivity contribution in [3.8, 4) is 0 Å². The van der Waals surface area contributed by atoms with Gasteiger partial charge in [-0.1, -0.05) is 29.3 Å². The van der Waals surface area contributed by atoms with Gasteiger partial charge in [0.2, 0.25) is 5.91 Å². The first kappa shape index (κ1) is 16.6. The maximum absolute atomic E-state index is 13.1. The molecule has 0 aromatic heterocycles. The molecule has 0 saturated heterocycles. The third kappa shape index (κ3) is 4.12. The zero-order chi connectivity index (χ0) is 16.3. The summed E-state index contributed by atoms with van der Waals surface area (Å²) in [6.07, 6.45) is 0. The summed E-state index contributed by atoms with van der Waals surface area (Å²) < 4.78 is 13.1. The zero-order valence-corrected chi connectivity index (χ0v) is 13.6. The molecule has 0 radical (unpaired) electrons. The molecule has 0 fully saturated rings. The van der Waals surface area contributed by atoms with Crippen LogP contribution in [0.1, 0.15) is 11.1 Å². The predicted molar refractivity (Wildman–Crippen MR) is 89.5 cm³/mol.